The van der Waals surface area contributed by atoms with E-state index >= 15 is 4.39 Å². The molecule has 3 fully saturated rings. The third-order valence-electron chi connectivity index (χ3n) is 7.23. The molecule has 9 atom stereocenters. The highest BCUT2D eigenvalue weighted by Crippen LogP contribution is 2.58. The van der Waals surface area contributed by atoms with Crippen LogP contribution < -0.4 is 27.5 Å². The highest BCUT2D eigenvalue weighted by atomic mass is 32.7. The number of nitrogens with zero attached hydrogens (tertiary/aromatic N) is 5. The molecule has 7 rings (SSSR count). The summed E-state index contributed by atoms with van der Waals surface area (Å²) in [7, 11) is 0. The number of nitrogens with two attached hydrogens (primary N) is 2. The van der Waals surface area contributed by atoms with Crippen molar-refractivity contribution >= 4 is 82.3 Å². The number of nitrogens with one attached hydrogen (secondary N) is 2. The maximum absolute atomic E-state index is 16.0. The molecule has 46 heavy (non-hydrogen) atoms. The first kappa shape index (κ1) is 32.0. The normalized spacial score (nSPS) is 35.5. The number of fused-ring (bicyclic) bond motifs is 5. The number of halogens is 1. The Kier molecular flexibility index (Phi) is 8.01. The van der Waals surface area contributed by atoms with E-state index < -0.39 is 85.8 Å². The summed E-state index contributed by atoms with van der Waals surface area (Å²) in [6.07, 6.45) is -9.17. The Balaban J connectivity index is 1.21. The summed E-state index contributed by atoms with van der Waals surface area (Å²) in [5, 5.41) is 0. The van der Waals surface area contributed by atoms with Gasteiger partial charge in [0.15, 0.2) is 35.4 Å². The van der Waals surface area contributed by atoms with Crippen molar-refractivity contribution in [2.24, 2.45) is 0 Å². The van der Waals surface area contributed by atoms with Crippen LogP contribution in [0.4, 0.5) is 16.3 Å². The topological polar surface area (TPSA) is 276 Å². The van der Waals surface area contributed by atoms with E-state index in [9.17, 15) is 23.8 Å². The second-order valence-corrected chi connectivity index (χ2v) is 16.9. The molecule has 3 aliphatic rings. The number of rotatable bonds is 2. The van der Waals surface area contributed by atoms with Gasteiger partial charge >= 0.3 is 18.4 Å². The fourth-order valence-electron chi connectivity index (χ4n) is 5.35. The lowest BCUT2D eigenvalue weighted by Crippen LogP contribution is -2.34. The van der Waals surface area contributed by atoms with Crippen LogP contribution in [0, 0.1) is 0 Å². The molecule has 7 heterocycles. The van der Waals surface area contributed by atoms with Crippen molar-refractivity contribution in [2.75, 3.05) is 24.7 Å². The summed E-state index contributed by atoms with van der Waals surface area (Å²) >= 11 is 9.81. The van der Waals surface area contributed by atoms with E-state index in [1.165, 1.54) is 0 Å². The van der Waals surface area contributed by atoms with Gasteiger partial charge in [-0.2, -0.15) is 9.97 Å². The van der Waals surface area contributed by atoms with Gasteiger partial charge in [0.25, 0.3) is 11.1 Å². The molecule has 0 aromatic carbocycles. The summed E-state index contributed by atoms with van der Waals surface area (Å²) in [4.78, 5) is 64.6. The first-order valence-electron chi connectivity index (χ1n) is 13.1. The quantitative estimate of drug-likeness (QED) is 0.117. The number of hydrogen-bond donors (Lipinski definition) is 6. The molecular formula is C20H22FN9O11P2S3. The Morgan fingerprint density at radius 3 is 2.52 bits per heavy atom. The number of anilines is 2. The molecule has 0 aliphatic carbocycles. The fraction of sp³-hybridized carbons (Fsp3) is 0.500. The van der Waals surface area contributed by atoms with Crippen molar-refractivity contribution < 1.29 is 41.4 Å². The minimum Gasteiger partial charge on any atom is -0.369 e. The molecule has 248 valence electrons. The van der Waals surface area contributed by atoms with Crippen molar-refractivity contribution in [3.8, 4) is 0 Å². The number of ether oxygens (including phenoxy) is 2. The summed E-state index contributed by atoms with van der Waals surface area (Å²) in [5.41, 5.74) is 9.63. The van der Waals surface area contributed by atoms with Crippen LogP contribution in [0.5, 0.6) is 0 Å². The number of hydrogen-bond acceptors (Lipinski definition) is 17. The van der Waals surface area contributed by atoms with Crippen LogP contribution in [0.3, 0.4) is 0 Å². The van der Waals surface area contributed by atoms with Crippen LogP contribution in [-0.2, 0) is 43.9 Å². The highest BCUT2D eigenvalue weighted by molar-refractivity contribution is 8.44. The van der Waals surface area contributed by atoms with E-state index in [1.807, 2.05) is 0 Å². The lowest BCUT2D eigenvalue weighted by atomic mass is 10.1. The zero-order valence-corrected chi connectivity index (χ0v) is 27.0. The molecule has 0 saturated carbocycles. The van der Waals surface area contributed by atoms with E-state index in [0.29, 0.717) is 11.3 Å². The molecule has 20 nitrogen and oxygen atoms in total. The van der Waals surface area contributed by atoms with E-state index in [-0.39, 0.29) is 39.8 Å². The van der Waals surface area contributed by atoms with Gasteiger partial charge in [0.1, 0.15) is 23.0 Å². The van der Waals surface area contributed by atoms with Gasteiger partial charge in [0, 0.05) is 6.42 Å². The standard InChI is InChI=1S/C20H22FN9O11P2S3/c21-8-10-7(39-17(8)29-4-24-9-12(29)25-18(22)27-14(9)31)3-37-42(34,44)40-6-1-5(2-36-43(35,45)41-10)38-16(6)30-13-11(46-20(30)33)15(32)28-19(23)26-13/h4-8,10,16-17H,1-3H2,(H,34,44)(H,35,45)(H3,22,25,27,31)(H3,23,26,28,32)/t5-,6+,7?,8+,10?,16+,17+,42?,43?/m0/s1. The van der Waals surface area contributed by atoms with Crippen LogP contribution in [0.1, 0.15) is 18.9 Å². The first-order chi connectivity index (χ1) is 21.7. The molecule has 2 bridgehead atoms. The van der Waals surface area contributed by atoms with E-state index in [4.69, 9.17) is 50.8 Å². The van der Waals surface area contributed by atoms with Gasteiger partial charge in [-0.1, -0.05) is 23.6 Å². The molecule has 0 spiro atoms. The SMILES string of the molecule is Nc1nc2c(ncn2[C@@H]2OC3COP(O)(=S)O[C@@H]4C[C@@H](COP(=O)(S)OC3[C@H]2F)O[C@H]4n2c(=O)sc3c(=O)[nH]c(N)nc32)c(=O)[nH]1. The lowest BCUT2D eigenvalue weighted by molar-refractivity contribution is -0.0587. The molecule has 3 saturated heterocycles. The molecule has 4 aromatic heterocycles. The van der Waals surface area contributed by atoms with Crippen molar-refractivity contribution in [2.45, 2.75) is 49.5 Å². The summed E-state index contributed by atoms with van der Waals surface area (Å²) in [6, 6.07) is 0. The van der Waals surface area contributed by atoms with Crippen LogP contribution >= 0.6 is 37.1 Å². The highest BCUT2D eigenvalue weighted by Gasteiger charge is 2.52. The number of alkyl halides is 1. The fourth-order valence-corrected chi connectivity index (χ4v) is 9.14. The van der Waals surface area contributed by atoms with E-state index in [2.05, 4.69) is 37.2 Å². The summed E-state index contributed by atoms with van der Waals surface area (Å²) in [6.45, 7) is -9.70. The van der Waals surface area contributed by atoms with E-state index in [0.717, 1.165) is 15.5 Å². The first-order valence-corrected chi connectivity index (χ1v) is 19.2. The smallest absolute Gasteiger partial charge is 0.369 e. The predicted molar refractivity (Wildman–Crippen MR) is 164 cm³/mol. The van der Waals surface area contributed by atoms with Crippen molar-refractivity contribution in [1.82, 2.24) is 34.1 Å². The number of H-pyrrole nitrogens is 2. The minimum atomic E-state index is -4.37. The van der Waals surface area contributed by atoms with Gasteiger partial charge in [0.05, 0.1) is 25.6 Å². The molecular weight excluding hydrogens is 719 g/mol. The molecule has 4 aromatic rings. The third-order valence-corrected chi connectivity index (χ3v) is 11.4. The second-order valence-electron chi connectivity index (χ2n) is 10.3. The van der Waals surface area contributed by atoms with Crippen LogP contribution in [0.15, 0.2) is 20.7 Å². The van der Waals surface area contributed by atoms with E-state index in [1.54, 1.807) is 0 Å². The monoisotopic (exact) mass is 741 g/mol. The number of aromatic nitrogens is 7. The average molecular weight is 742 g/mol. The Hall–Kier alpha value is -2.60. The Morgan fingerprint density at radius 1 is 1.04 bits per heavy atom. The zero-order chi connectivity index (χ0) is 32.7. The molecule has 4 unspecified atom stereocenters. The van der Waals surface area contributed by atoms with Gasteiger partial charge in [-0.25, -0.2) is 13.9 Å². The van der Waals surface area contributed by atoms with Gasteiger partial charge in [-0.05, 0) is 11.8 Å². The molecule has 3 aliphatic heterocycles. The Labute approximate surface area is 268 Å². The summed E-state index contributed by atoms with van der Waals surface area (Å²) in [5.74, 6) is -0.532. The Morgan fingerprint density at radius 2 is 1.76 bits per heavy atom. The summed E-state index contributed by atoms with van der Waals surface area (Å²) < 4.78 is 65.5. The predicted octanol–water partition coefficient (Wildman–Crippen LogP) is 0.0388. The maximum atomic E-state index is 16.0. The molecule has 7 N–H and O–H groups in total. The number of thiol groups is 1. The van der Waals surface area contributed by atoms with Gasteiger partial charge in [-0.3, -0.25) is 42.5 Å². The Bertz CT molecular complexity index is 2140. The third kappa shape index (κ3) is 5.75. The van der Waals surface area contributed by atoms with Crippen molar-refractivity contribution in [3.05, 3.63) is 36.7 Å². The molecule has 26 heteroatoms. The van der Waals surface area contributed by atoms with Crippen LogP contribution in [0.25, 0.3) is 21.5 Å². The number of thiazole rings is 1. The van der Waals surface area contributed by atoms with Gasteiger partial charge in [-0.15, -0.1) is 0 Å². The van der Waals surface area contributed by atoms with Crippen molar-refractivity contribution in [3.63, 3.8) is 0 Å². The minimum absolute atomic E-state index is 0.0449. The largest absolute Gasteiger partial charge is 0.386 e. The number of imidazole rings is 1. The second kappa shape index (κ2) is 11.5. The van der Waals surface area contributed by atoms with Gasteiger partial charge < -0.3 is 34.9 Å². The average Bonchev–Trinajstić information content (AvgIpc) is 3.70. The van der Waals surface area contributed by atoms with Crippen molar-refractivity contribution in [1.29, 1.82) is 0 Å². The van der Waals surface area contributed by atoms with Crippen LogP contribution in [-0.4, -0.2) is 82.7 Å². The number of nitrogen functional groups attached to an aromatic ring is 2. The molecule has 0 amide bonds. The maximum Gasteiger partial charge on any atom is 0.386 e. The van der Waals surface area contributed by atoms with Crippen LogP contribution in [0.2, 0.25) is 0 Å². The zero-order valence-electron chi connectivity index (χ0n) is 22.7. The molecule has 0 radical (unpaired) electrons. The van der Waals surface area contributed by atoms with Gasteiger partial charge in [0.2, 0.25) is 11.9 Å². The lowest BCUT2D eigenvalue weighted by Gasteiger charge is -2.27. The number of aromatic amines is 2.